The molecule has 1 fully saturated rings. The van der Waals surface area contributed by atoms with Crippen molar-refractivity contribution in [3.63, 3.8) is 0 Å². The lowest BCUT2D eigenvalue weighted by Gasteiger charge is -2.18. The highest BCUT2D eigenvalue weighted by molar-refractivity contribution is 5.53. The number of ether oxygens (including phenoxy) is 1. The topological polar surface area (TPSA) is 86.6 Å². The molecule has 0 bridgehead atoms. The summed E-state index contributed by atoms with van der Waals surface area (Å²) in [6.45, 7) is 1.50. The van der Waals surface area contributed by atoms with Crippen molar-refractivity contribution >= 4 is 5.69 Å². The predicted octanol–water partition coefficient (Wildman–Crippen LogP) is 1.87. The molecule has 6 heteroatoms. The fourth-order valence-electron chi connectivity index (χ4n) is 2.51. The van der Waals surface area contributed by atoms with E-state index in [1.54, 1.807) is 12.4 Å². The first-order valence-corrected chi connectivity index (χ1v) is 6.58. The minimum atomic E-state index is 0.0588. The van der Waals surface area contributed by atoms with Gasteiger partial charge in [0.05, 0.1) is 18.0 Å². The second-order valence-corrected chi connectivity index (χ2v) is 4.76. The van der Waals surface area contributed by atoms with Crippen molar-refractivity contribution in [1.29, 1.82) is 5.26 Å². The Morgan fingerprint density at radius 3 is 3.30 bits per heavy atom. The van der Waals surface area contributed by atoms with Gasteiger partial charge in [0.25, 0.3) is 0 Å². The van der Waals surface area contributed by atoms with Gasteiger partial charge in [-0.1, -0.05) is 0 Å². The van der Waals surface area contributed by atoms with E-state index in [1.807, 2.05) is 18.3 Å². The lowest BCUT2D eigenvalue weighted by molar-refractivity contribution is 0.0933. The summed E-state index contributed by atoms with van der Waals surface area (Å²) in [5.74, 6) is 0.361. The minimum absolute atomic E-state index is 0.0588. The van der Waals surface area contributed by atoms with Crippen LogP contribution in [0, 0.1) is 17.2 Å². The number of nitriles is 1. The Kier molecular flexibility index (Phi) is 3.61. The standard InChI is InChI=1S/C14H15N5O/c15-6-13-12(2-1-4-16-13)17-7-10-3-5-20-14(10)11-8-18-19-9-11/h1-2,4,8-10,14,17H,3,5,7H2,(H,18,19)/t10-,14+/m1/s1. The molecule has 2 aromatic rings. The first-order chi connectivity index (χ1) is 9.88. The number of anilines is 1. The van der Waals surface area contributed by atoms with Crippen molar-refractivity contribution < 1.29 is 4.74 Å². The van der Waals surface area contributed by atoms with Crippen LogP contribution in [0.2, 0.25) is 0 Å². The number of pyridine rings is 1. The smallest absolute Gasteiger partial charge is 0.163 e. The molecule has 20 heavy (non-hydrogen) atoms. The van der Waals surface area contributed by atoms with Gasteiger partial charge in [0.1, 0.15) is 6.07 Å². The Morgan fingerprint density at radius 1 is 1.55 bits per heavy atom. The van der Waals surface area contributed by atoms with Crippen LogP contribution in [0.4, 0.5) is 5.69 Å². The molecule has 102 valence electrons. The van der Waals surface area contributed by atoms with Crippen LogP contribution in [0.15, 0.2) is 30.7 Å². The van der Waals surface area contributed by atoms with Crippen molar-refractivity contribution in [2.45, 2.75) is 12.5 Å². The number of aromatic amines is 1. The van der Waals surface area contributed by atoms with Crippen molar-refractivity contribution in [2.75, 3.05) is 18.5 Å². The van der Waals surface area contributed by atoms with Crippen LogP contribution in [-0.4, -0.2) is 28.3 Å². The Labute approximate surface area is 116 Å². The first kappa shape index (κ1) is 12.6. The molecule has 2 aromatic heterocycles. The Hall–Kier alpha value is -2.39. The first-order valence-electron chi connectivity index (χ1n) is 6.58. The van der Waals surface area contributed by atoms with Gasteiger partial charge in [-0.05, 0) is 18.6 Å². The second kappa shape index (κ2) is 5.72. The summed E-state index contributed by atoms with van der Waals surface area (Å²) >= 11 is 0. The number of H-pyrrole nitrogens is 1. The summed E-state index contributed by atoms with van der Waals surface area (Å²) in [6.07, 6.45) is 6.34. The third-order valence-electron chi connectivity index (χ3n) is 3.53. The third-order valence-corrected chi connectivity index (χ3v) is 3.53. The van der Waals surface area contributed by atoms with Crippen LogP contribution in [0.1, 0.15) is 23.8 Å². The normalized spacial score (nSPS) is 21.6. The quantitative estimate of drug-likeness (QED) is 0.884. The van der Waals surface area contributed by atoms with Gasteiger partial charge in [0, 0.05) is 37.0 Å². The number of aromatic nitrogens is 3. The molecule has 2 N–H and O–H groups in total. The van der Waals surface area contributed by atoms with Gasteiger partial charge in [0.15, 0.2) is 5.69 Å². The Bertz CT molecular complexity index is 604. The average molecular weight is 269 g/mol. The van der Waals surface area contributed by atoms with E-state index in [0.717, 1.165) is 30.8 Å². The van der Waals surface area contributed by atoms with Crippen molar-refractivity contribution in [3.8, 4) is 6.07 Å². The number of hydrogen-bond donors (Lipinski definition) is 2. The summed E-state index contributed by atoms with van der Waals surface area (Å²) in [4.78, 5) is 4.04. The summed E-state index contributed by atoms with van der Waals surface area (Å²) in [7, 11) is 0. The van der Waals surface area contributed by atoms with E-state index < -0.39 is 0 Å². The average Bonchev–Trinajstić information content (AvgIpc) is 3.15. The molecule has 0 unspecified atom stereocenters. The summed E-state index contributed by atoms with van der Waals surface area (Å²) in [5.41, 5.74) is 2.26. The molecule has 0 radical (unpaired) electrons. The van der Waals surface area contributed by atoms with Gasteiger partial charge in [-0.2, -0.15) is 10.4 Å². The highest BCUT2D eigenvalue weighted by Gasteiger charge is 2.30. The third kappa shape index (κ3) is 2.49. The molecule has 3 heterocycles. The highest BCUT2D eigenvalue weighted by atomic mass is 16.5. The zero-order chi connectivity index (χ0) is 13.8. The van der Waals surface area contributed by atoms with Crippen LogP contribution >= 0.6 is 0 Å². The summed E-state index contributed by atoms with van der Waals surface area (Å²) in [5, 5.41) is 19.1. The maximum absolute atomic E-state index is 9.02. The van der Waals surface area contributed by atoms with Gasteiger partial charge >= 0.3 is 0 Å². The Balaban J connectivity index is 1.67. The number of nitrogens with zero attached hydrogens (tertiary/aromatic N) is 3. The maximum Gasteiger partial charge on any atom is 0.163 e. The molecule has 1 saturated heterocycles. The minimum Gasteiger partial charge on any atom is -0.382 e. The number of rotatable bonds is 4. The molecule has 6 nitrogen and oxygen atoms in total. The largest absolute Gasteiger partial charge is 0.382 e. The van der Waals surface area contributed by atoms with Crippen LogP contribution in [0.5, 0.6) is 0 Å². The fraction of sp³-hybridized carbons (Fsp3) is 0.357. The molecule has 1 aliphatic rings. The lowest BCUT2D eigenvalue weighted by atomic mass is 9.97. The molecule has 2 atom stereocenters. The summed E-state index contributed by atoms with van der Waals surface area (Å²) in [6, 6.07) is 5.78. The van der Waals surface area contributed by atoms with Gasteiger partial charge in [-0.3, -0.25) is 5.10 Å². The van der Waals surface area contributed by atoms with Crippen LogP contribution in [-0.2, 0) is 4.74 Å². The van der Waals surface area contributed by atoms with E-state index in [2.05, 4.69) is 26.6 Å². The van der Waals surface area contributed by atoms with E-state index in [0.29, 0.717) is 11.6 Å². The van der Waals surface area contributed by atoms with Crippen LogP contribution in [0.3, 0.4) is 0 Å². The fourth-order valence-corrected chi connectivity index (χ4v) is 2.51. The highest BCUT2D eigenvalue weighted by Crippen LogP contribution is 2.34. The van der Waals surface area contributed by atoms with E-state index in [1.165, 1.54) is 0 Å². The molecule has 1 aliphatic heterocycles. The molecule has 0 spiro atoms. The second-order valence-electron chi connectivity index (χ2n) is 4.76. The number of hydrogen-bond acceptors (Lipinski definition) is 5. The molecule has 3 rings (SSSR count). The molecule has 0 saturated carbocycles. The zero-order valence-corrected chi connectivity index (χ0v) is 10.9. The van der Waals surface area contributed by atoms with Crippen molar-refractivity contribution in [3.05, 3.63) is 42.0 Å². The van der Waals surface area contributed by atoms with Gasteiger partial charge in [0.2, 0.25) is 0 Å². The van der Waals surface area contributed by atoms with E-state index in [4.69, 9.17) is 10.00 Å². The summed E-state index contributed by atoms with van der Waals surface area (Å²) < 4.78 is 5.77. The van der Waals surface area contributed by atoms with Gasteiger partial charge < -0.3 is 10.1 Å². The van der Waals surface area contributed by atoms with Crippen LogP contribution < -0.4 is 5.32 Å². The number of nitrogens with one attached hydrogen (secondary N) is 2. The van der Waals surface area contributed by atoms with E-state index >= 15 is 0 Å². The van der Waals surface area contributed by atoms with E-state index in [-0.39, 0.29) is 6.10 Å². The molecule has 0 amide bonds. The molecule has 0 aliphatic carbocycles. The predicted molar refractivity (Wildman–Crippen MR) is 72.8 cm³/mol. The Morgan fingerprint density at radius 2 is 2.50 bits per heavy atom. The van der Waals surface area contributed by atoms with Crippen molar-refractivity contribution in [1.82, 2.24) is 15.2 Å². The van der Waals surface area contributed by atoms with Gasteiger partial charge in [-0.25, -0.2) is 4.98 Å². The molecular formula is C14H15N5O. The lowest BCUT2D eigenvalue weighted by Crippen LogP contribution is -2.18. The maximum atomic E-state index is 9.02. The zero-order valence-electron chi connectivity index (χ0n) is 10.9. The molecular weight excluding hydrogens is 254 g/mol. The van der Waals surface area contributed by atoms with Crippen LogP contribution in [0.25, 0.3) is 0 Å². The van der Waals surface area contributed by atoms with E-state index in [9.17, 15) is 0 Å². The monoisotopic (exact) mass is 269 g/mol. The SMILES string of the molecule is N#Cc1ncccc1NC[C@H]1CCO[C@@H]1c1cn[nH]c1. The van der Waals surface area contributed by atoms with Gasteiger partial charge in [-0.15, -0.1) is 0 Å². The molecule has 0 aromatic carbocycles. The van der Waals surface area contributed by atoms with Crippen molar-refractivity contribution in [2.24, 2.45) is 5.92 Å².